The summed E-state index contributed by atoms with van der Waals surface area (Å²) < 4.78 is 2.06. The Morgan fingerprint density at radius 1 is 0.903 bits per heavy atom. The van der Waals surface area contributed by atoms with Crippen molar-refractivity contribution < 1.29 is 4.79 Å². The Morgan fingerprint density at radius 2 is 1.65 bits per heavy atom. The molecular weight excluding hydrogens is 384 g/mol. The molecule has 4 aromatic rings. The molecule has 1 aliphatic rings. The summed E-state index contributed by atoms with van der Waals surface area (Å²) in [5.74, 6) is -0.0425. The molecule has 0 unspecified atom stereocenters. The lowest BCUT2D eigenvalue weighted by molar-refractivity contribution is 0.0919. The van der Waals surface area contributed by atoms with Gasteiger partial charge in [0.25, 0.3) is 5.91 Å². The standard InChI is InChI=1S/C26H28N4O/c27-16-17-5-6-20-15-25(26(31)29-22-10-8-21(28)9-11-22)30(24(20)13-17)23-12-7-18-3-1-2-4-19(18)14-23/h1-7,12-15,21-22H,8-11,16,27-28H2,(H,29,31)/t21-,22-. The molecule has 3 aromatic carbocycles. The molecule has 1 aliphatic carbocycles. The van der Waals surface area contributed by atoms with Crippen molar-refractivity contribution in [3.8, 4) is 5.69 Å². The molecule has 0 saturated heterocycles. The number of hydrogen-bond acceptors (Lipinski definition) is 3. The molecule has 0 bridgehead atoms. The maximum Gasteiger partial charge on any atom is 0.268 e. The van der Waals surface area contributed by atoms with Gasteiger partial charge in [-0.1, -0.05) is 42.5 Å². The van der Waals surface area contributed by atoms with Crippen LogP contribution >= 0.6 is 0 Å². The van der Waals surface area contributed by atoms with E-state index in [0.717, 1.165) is 53.2 Å². The van der Waals surface area contributed by atoms with Gasteiger partial charge in [-0.05, 0) is 66.3 Å². The number of hydrogen-bond donors (Lipinski definition) is 3. The van der Waals surface area contributed by atoms with Crippen LogP contribution in [-0.4, -0.2) is 22.6 Å². The van der Waals surface area contributed by atoms with Crippen molar-refractivity contribution in [1.29, 1.82) is 0 Å². The summed E-state index contributed by atoms with van der Waals surface area (Å²) in [5, 5.41) is 6.60. The van der Waals surface area contributed by atoms with Crippen LogP contribution in [0.15, 0.2) is 66.7 Å². The topological polar surface area (TPSA) is 86.1 Å². The van der Waals surface area contributed by atoms with Crippen LogP contribution in [0.5, 0.6) is 0 Å². The number of carbonyl (C=O) groups excluding carboxylic acids is 1. The summed E-state index contributed by atoms with van der Waals surface area (Å²) in [4.78, 5) is 13.4. The summed E-state index contributed by atoms with van der Waals surface area (Å²) in [6.07, 6.45) is 3.78. The average Bonchev–Trinajstić information content (AvgIpc) is 3.19. The Bertz CT molecular complexity index is 1250. The lowest BCUT2D eigenvalue weighted by Gasteiger charge is -2.27. The molecule has 158 valence electrons. The van der Waals surface area contributed by atoms with Crippen molar-refractivity contribution in [2.75, 3.05) is 0 Å². The number of amides is 1. The second-order valence-corrected chi connectivity index (χ2v) is 8.58. The van der Waals surface area contributed by atoms with Gasteiger partial charge in [0, 0.05) is 29.7 Å². The smallest absolute Gasteiger partial charge is 0.268 e. The molecule has 0 atom stereocenters. The Balaban J connectivity index is 1.60. The minimum absolute atomic E-state index is 0.0425. The molecular formula is C26H28N4O. The van der Waals surface area contributed by atoms with E-state index >= 15 is 0 Å². The van der Waals surface area contributed by atoms with E-state index in [1.807, 2.05) is 30.3 Å². The molecule has 1 aromatic heterocycles. The molecule has 5 nitrogen and oxygen atoms in total. The van der Waals surface area contributed by atoms with Crippen LogP contribution in [0.2, 0.25) is 0 Å². The van der Waals surface area contributed by atoms with E-state index in [1.54, 1.807) is 0 Å². The van der Waals surface area contributed by atoms with Crippen LogP contribution in [0.4, 0.5) is 0 Å². The molecule has 1 amide bonds. The Labute approximate surface area is 182 Å². The number of fused-ring (bicyclic) bond motifs is 2. The van der Waals surface area contributed by atoms with Crippen LogP contribution in [0.25, 0.3) is 27.4 Å². The zero-order chi connectivity index (χ0) is 21.4. The van der Waals surface area contributed by atoms with E-state index in [9.17, 15) is 4.79 Å². The van der Waals surface area contributed by atoms with Gasteiger partial charge in [-0.2, -0.15) is 0 Å². The van der Waals surface area contributed by atoms with Crippen LogP contribution in [0, 0.1) is 0 Å². The fourth-order valence-corrected chi connectivity index (χ4v) is 4.66. The second-order valence-electron chi connectivity index (χ2n) is 8.58. The van der Waals surface area contributed by atoms with E-state index in [2.05, 4.69) is 46.3 Å². The SMILES string of the molecule is NCc1ccc2cc(C(=O)N[C@H]3CC[C@H](N)CC3)n(-c3ccc4ccccc4c3)c2c1. The van der Waals surface area contributed by atoms with Gasteiger partial charge < -0.3 is 21.4 Å². The van der Waals surface area contributed by atoms with Gasteiger partial charge >= 0.3 is 0 Å². The van der Waals surface area contributed by atoms with Gasteiger partial charge in [-0.15, -0.1) is 0 Å². The molecule has 1 saturated carbocycles. The van der Waals surface area contributed by atoms with Crippen LogP contribution in [-0.2, 0) is 6.54 Å². The Kier molecular flexibility index (Phi) is 5.22. The van der Waals surface area contributed by atoms with Crippen LogP contribution < -0.4 is 16.8 Å². The van der Waals surface area contributed by atoms with E-state index in [-0.39, 0.29) is 18.0 Å². The van der Waals surface area contributed by atoms with Crippen molar-refractivity contribution in [2.45, 2.75) is 44.3 Å². The number of aromatic nitrogens is 1. The van der Waals surface area contributed by atoms with E-state index < -0.39 is 0 Å². The first-order chi connectivity index (χ1) is 15.1. The highest BCUT2D eigenvalue weighted by atomic mass is 16.2. The molecule has 5 N–H and O–H groups in total. The summed E-state index contributed by atoms with van der Waals surface area (Å²) >= 11 is 0. The highest BCUT2D eigenvalue weighted by Gasteiger charge is 2.23. The van der Waals surface area contributed by atoms with Crippen molar-refractivity contribution in [1.82, 2.24) is 9.88 Å². The molecule has 0 radical (unpaired) electrons. The first kappa shape index (κ1) is 19.8. The molecule has 0 aliphatic heterocycles. The Hall–Kier alpha value is -3.15. The van der Waals surface area contributed by atoms with Crippen molar-refractivity contribution in [3.05, 3.63) is 78.0 Å². The van der Waals surface area contributed by atoms with Crippen LogP contribution in [0.3, 0.4) is 0 Å². The zero-order valence-electron chi connectivity index (χ0n) is 17.6. The summed E-state index contributed by atoms with van der Waals surface area (Å²) in [6, 6.07) is 23.2. The summed E-state index contributed by atoms with van der Waals surface area (Å²) in [6.45, 7) is 0.461. The minimum Gasteiger partial charge on any atom is -0.348 e. The zero-order valence-corrected chi connectivity index (χ0v) is 17.6. The second kappa shape index (κ2) is 8.17. The van der Waals surface area contributed by atoms with Gasteiger partial charge in [0.05, 0.1) is 5.52 Å². The molecule has 5 rings (SSSR count). The normalized spacial score (nSPS) is 19.0. The predicted molar refractivity (Wildman–Crippen MR) is 126 cm³/mol. The van der Waals surface area contributed by atoms with Crippen LogP contribution in [0.1, 0.15) is 41.7 Å². The van der Waals surface area contributed by atoms with E-state index in [0.29, 0.717) is 12.2 Å². The predicted octanol–water partition coefficient (Wildman–Crippen LogP) is 4.24. The average molecular weight is 413 g/mol. The monoisotopic (exact) mass is 412 g/mol. The molecule has 31 heavy (non-hydrogen) atoms. The largest absolute Gasteiger partial charge is 0.348 e. The third-order valence-electron chi connectivity index (χ3n) is 6.44. The highest BCUT2D eigenvalue weighted by molar-refractivity contribution is 6.00. The highest BCUT2D eigenvalue weighted by Crippen LogP contribution is 2.28. The van der Waals surface area contributed by atoms with E-state index in [4.69, 9.17) is 11.5 Å². The number of rotatable bonds is 4. The fourth-order valence-electron chi connectivity index (χ4n) is 4.66. The third-order valence-corrected chi connectivity index (χ3v) is 6.44. The molecule has 1 fully saturated rings. The molecule has 1 heterocycles. The van der Waals surface area contributed by atoms with Gasteiger partial charge in [0.2, 0.25) is 0 Å². The van der Waals surface area contributed by atoms with Gasteiger partial charge in [0.1, 0.15) is 5.69 Å². The van der Waals surface area contributed by atoms with Gasteiger partial charge in [-0.25, -0.2) is 0 Å². The maximum atomic E-state index is 13.4. The van der Waals surface area contributed by atoms with Crippen molar-refractivity contribution in [2.24, 2.45) is 11.5 Å². The minimum atomic E-state index is -0.0425. The van der Waals surface area contributed by atoms with Crippen molar-refractivity contribution in [3.63, 3.8) is 0 Å². The maximum absolute atomic E-state index is 13.4. The summed E-state index contributed by atoms with van der Waals surface area (Å²) in [5.41, 5.74) is 15.6. The van der Waals surface area contributed by atoms with Gasteiger partial charge in [-0.3, -0.25) is 4.79 Å². The quantitative estimate of drug-likeness (QED) is 0.469. The fraction of sp³-hybridized carbons (Fsp3) is 0.269. The summed E-state index contributed by atoms with van der Waals surface area (Å²) in [7, 11) is 0. The van der Waals surface area contributed by atoms with E-state index in [1.165, 1.54) is 5.39 Å². The first-order valence-corrected chi connectivity index (χ1v) is 11.0. The Morgan fingerprint density at radius 3 is 2.42 bits per heavy atom. The van der Waals surface area contributed by atoms with Gasteiger partial charge in [0.15, 0.2) is 0 Å². The number of nitrogens with zero attached hydrogens (tertiary/aromatic N) is 1. The third kappa shape index (κ3) is 3.82. The van der Waals surface area contributed by atoms with Crippen molar-refractivity contribution >= 4 is 27.6 Å². The molecule has 0 spiro atoms. The lowest BCUT2D eigenvalue weighted by Crippen LogP contribution is -2.41. The number of carbonyl (C=O) groups is 1. The lowest BCUT2D eigenvalue weighted by atomic mass is 9.92. The first-order valence-electron chi connectivity index (χ1n) is 11.0. The molecule has 5 heteroatoms. The number of nitrogens with two attached hydrogens (primary N) is 2. The number of nitrogens with one attached hydrogen (secondary N) is 1. The number of benzene rings is 3.